The molecule has 0 saturated heterocycles. The van der Waals surface area contributed by atoms with E-state index < -0.39 is 6.04 Å². The lowest BCUT2D eigenvalue weighted by molar-refractivity contribution is -0.140. The molecule has 2 rings (SSSR count). The molecule has 0 aliphatic heterocycles. The summed E-state index contributed by atoms with van der Waals surface area (Å²) in [6, 6.07) is 12.5. The fraction of sp³-hybridized carbons (Fsp3) is 0.481. The van der Waals surface area contributed by atoms with E-state index in [0.717, 1.165) is 11.1 Å². The van der Waals surface area contributed by atoms with Gasteiger partial charge in [-0.2, -0.15) is 0 Å². The van der Waals surface area contributed by atoms with E-state index in [1.54, 1.807) is 24.0 Å². The van der Waals surface area contributed by atoms with Crippen LogP contribution in [-0.4, -0.2) is 42.5 Å². The van der Waals surface area contributed by atoms with Gasteiger partial charge in [-0.15, -0.1) is 0 Å². The largest absolute Gasteiger partial charge is 0.490 e. The normalized spacial score (nSPS) is 11.7. The van der Waals surface area contributed by atoms with Crippen LogP contribution < -0.4 is 14.8 Å². The summed E-state index contributed by atoms with van der Waals surface area (Å²) in [6.45, 7) is 11.7. The third kappa shape index (κ3) is 8.56. The first kappa shape index (κ1) is 27.5. The van der Waals surface area contributed by atoms with Gasteiger partial charge >= 0.3 is 0 Å². The zero-order valence-corrected chi connectivity index (χ0v) is 21.7. The summed E-state index contributed by atoms with van der Waals surface area (Å²) in [4.78, 5) is 27.7. The summed E-state index contributed by atoms with van der Waals surface area (Å²) in [5.41, 5.74) is 1.89. The molecule has 0 bridgehead atoms. The average molecular weight is 489 g/mol. The Labute approximate surface area is 208 Å². The van der Waals surface area contributed by atoms with Gasteiger partial charge in [0.05, 0.1) is 13.2 Å². The lowest BCUT2D eigenvalue weighted by atomic mass is 10.1. The van der Waals surface area contributed by atoms with Crippen LogP contribution in [-0.2, 0) is 22.6 Å². The molecule has 6 nitrogen and oxygen atoms in total. The highest BCUT2D eigenvalue weighted by Crippen LogP contribution is 2.29. The highest BCUT2D eigenvalue weighted by atomic mass is 35.5. The lowest BCUT2D eigenvalue weighted by Gasteiger charge is -2.29. The van der Waals surface area contributed by atoms with Crippen LogP contribution in [0.15, 0.2) is 42.5 Å². The standard InChI is InChI=1S/C27H37ClN2O4/c1-6-33-24-14-10-21(16-25(24)34-7-2)11-15-26(31)30(18-22-8-12-23(28)13-9-22)20(5)27(32)29-17-19(3)4/h8-10,12-14,16,19-20H,6-7,11,15,17-18H2,1-5H3,(H,29,32)/t20-/m0/s1. The third-order valence-electron chi connectivity index (χ3n) is 5.35. The van der Waals surface area contributed by atoms with Crippen LogP contribution in [0.4, 0.5) is 0 Å². The third-order valence-corrected chi connectivity index (χ3v) is 5.61. The number of carbonyl (C=O) groups excluding carboxylic acids is 2. The fourth-order valence-electron chi connectivity index (χ4n) is 3.47. The van der Waals surface area contributed by atoms with E-state index in [1.165, 1.54) is 0 Å². The van der Waals surface area contributed by atoms with Gasteiger partial charge in [-0.25, -0.2) is 0 Å². The molecular formula is C27H37ClN2O4. The summed E-state index contributed by atoms with van der Waals surface area (Å²) >= 11 is 6.01. The zero-order chi connectivity index (χ0) is 25.1. The minimum absolute atomic E-state index is 0.0889. The Hall–Kier alpha value is -2.73. The van der Waals surface area contributed by atoms with Crippen LogP contribution >= 0.6 is 11.6 Å². The smallest absolute Gasteiger partial charge is 0.242 e. The van der Waals surface area contributed by atoms with Gasteiger partial charge in [0.2, 0.25) is 11.8 Å². The molecule has 1 atom stereocenters. The van der Waals surface area contributed by atoms with Crippen molar-refractivity contribution in [2.45, 2.75) is 60.0 Å². The van der Waals surface area contributed by atoms with Crippen LogP contribution in [0.25, 0.3) is 0 Å². The first-order valence-electron chi connectivity index (χ1n) is 11.9. The molecule has 34 heavy (non-hydrogen) atoms. The molecule has 1 N–H and O–H groups in total. The molecule has 0 radical (unpaired) electrons. The van der Waals surface area contributed by atoms with Crippen molar-refractivity contribution < 1.29 is 19.1 Å². The van der Waals surface area contributed by atoms with Gasteiger partial charge < -0.3 is 19.7 Å². The van der Waals surface area contributed by atoms with E-state index in [4.69, 9.17) is 21.1 Å². The molecule has 7 heteroatoms. The monoisotopic (exact) mass is 488 g/mol. The first-order chi connectivity index (χ1) is 16.2. The molecular weight excluding hydrogens is 452 g/mol. The number of carbonyl (C=O) groups is 2. The van der Waals surface area contributed by atoms with Crippen LogP contribution in [0.2, 0.25) is 5.02 Å². The van der Waals surface area contributed by atoms with Gasteiger partial charge in [0.15, 0.2) is 11.5 Å². The van der Waals surface area contributed by atoms with Crippen molar-refractivity contribution in [3.63, 3.8) is 0 Å². The maximum atomic E-state index is 13.3. The number of ether oxygens (including phenoxy) is 2. The summed E-state index contributed by atoms with van der Waals surface area (Å²) in [6.07, 6.45) is 0.803. The van der Waals surface area contributed by atoms with E-state index >= 15 is 0 Å². The Morgan fingerprint density at radius 3 is 2.18 bits per heavy atom. The first-order valence-corrected chi connectivity index (χ1v) is 12.3. The highest BCUT2D eigenvalue weighted by Gasteiger charge is 2.26. The Kier molecular flexibility index (Phi) is 11.2. The minimum Gasteiger partial charge on any atom is -0.490 e. The molecule has 0 saturated carbocycles. The summed E-state index contributed by atoms with van der Waals surface area (Å²) in [7, 11) is 0. The second kappa shape index (κ2) is 13.9. The van der Waals surface area contributed by atoms with Crippen LogP contribution in [0.5, 0.6) is 11.5 Å². The number of amides is 2. The SMILES string of the molecule is CCOc1ccc(CCC(=O)N(Cc2ccc(Cl)cc2)[C@@H](C)C(=O)NCC(C)C)cc1OCC. The van der Waals surface area contributed by atoms with Crippen LogP contribution in [0.3, 0.4) is 0 Å². The minimum atomic E-state index is -0.596. The second-order valence-corrected chi connectivity index (χ2v) is 9.05. The number of nitrogens with zero attached hydrogens (tertiary/aromatic N) is 1. The molecule has 0 spiro atoms. The molecule has 2 aromatic carbocycles. The molecule has 0 heterocycles. The Morgan fingerprint density at radius 2 is 1.56 bits per heavy atom. The Bertz CT molecular complexity index is 931. The maximum absolute atomic E-state index is 13.3. The topological polar surface area (TPSA) is 67.9 Å². The van der Waals surface area contributed by atoms with Crippen LogP contribution in [0, 0.1) is 5.92 Å². The average Bonchev–Trinajstić information content (AvgIpc) is 2.81. The van der Waals surface area contributed by atoms with Crippen molar-refractivity contribution in [3.8, 4) is 11.5 Å². The van der Waals surface area contributed by atoms with Gasteiger partial charge in [-0.3, -0.25) is 9.59 Å². The van der Waals surface area contributed by atoms with E-state index in [2.05, 4.69) is 5.32 Å². The highest BCUT2D eigenvalue weighted by molar-refractivity contribution is 6.30. The number of aryl methyl sites for hydroxylation is 1. The number of halogens is 1. The van der Waals surface area contributed by atoms with E-state index in [1.807, 2.05) is 58.0 Å². The predicted molar refractivity (Wildman–Crippen MR) is 136 cm³/mol. The maximum Gasteiger partial charge on any atom is 0.242 e. The number of hydrogen-bond acceptors (Lipinski definition) is 4. The van der Waals surface area contributed by atoms with Crippen molar-refractivity contribution in [1.82, 2.24) is 10.2 Å². The van der Waals surface area contributed by atoms with Gasteiger partial charge in [-0.05, 0) is 68.5 Å². The second-order valence-electron chi connectivity index (χ2n) is 8.61. The number of hydrogen-bond donors (Lipinski definition) is 1. The number of nitrogens with one attached hydrogen (secondary N) is 1. The fourth-order valence-corrected chi connectivity index (χ4v) is 3.59. The number of benzene rings is 2. The van der Waals surface area contributed by atoms with E-state index in [-0.39, 0.29) is 18.2 Å². The Balaban J connectivity index is 2.16. The van der Waals surface area contributed by atoms with Gasteiger partial charge in [-0.1, -0.05) is 43.6 Å². The molecule has 186 valence electrons. The summed E-state index contributed by atoms with van der Waals surface area (Å²) < 4.78 is 11.3. The molecule has 0 unspecified atom stereocenters. The predicted octanol–water partition coefficient (Wildman–Crippen LogP) is 5.26. The quantitative estimate of drug-likeness (QED) is 0.417. The Morgan fingerprint density at radius 1 is 0.941 bits per heavy atom. The van der Waals surface area contributed by atoms with E-state index in [9.17, 15) is 9.59 Å². The molecule has 0 aromatic heterocycles. The molecule has 2 amide bonds. The van der Waals surface area contributed by atoms with E-state index in [0.29, 0.717) is 55.2 Å². The summed E-state index contributed by atoms with van der Waals surface area (Å²) in [5.74, 6) is 1.45. The van der Waals surface area contributed by atoms with Crippen molar-refractivity contribution in [1.29, 1.82) is 0 Å². The molecule has 0 aliphatic rings. The lowest BCUT2D eigenvalue weighted by Crippen LogP contribution is -2.48. The number of rotatable bonds is 13. The molecule has 0 fully saturated rings. The summed E-state index contributed by atoms with van der Waals surface area (Å²) in [5, 5.41) is 3.57. The van der Waals surface area contributed by atoms with Crippen molar-refractivity contribution >= 4 is 23.4 Å². The van der Waals surface area contributed by atoms with Crippen molar-refractivity contribution in [3.05, 3.63) is 58.6 Å². The van der Waals surface area contributed by atoms with Gasteiger partial charge in [0, 0.05) is 24.5 Å². The molecule has 0 aliphatic carbocycles. The molecule has 2 aromatic rings. The zero-order valence-electron chi connectivity index (χ0n) is 20.9. The van der Waals surface area contributed by atoms with Crippen molar-refractivity contribution in [2.24, 2.45) is 5.92 Å². The van der Waals surface area contributed by atoms with Crippen molar-refractivity contribution in [2.75, 3.05) is 19.8 Å². The van der Waals surface area contributed by atoms with Crippen LogP contribution in [0.1, 0.15) is 52.2 Å². The van der Waals surface area contributed by atoms with Gasteiger partial charge in [0.1, 0.15) is 6.04 Å². The van der Waals surface area contributed by atoms with Gasteiger partial charge in [0.25, 0.3) is 0 Å².